The maximum Gasteiger partial charge on any atom is 0.0775 e. The molecule has 7 aromatic rings. The molecule has 0 amide bonds. The van der Waals surface area contributed by atoms with Crippen molar-refractivity contribution < 1.29 is 0 Å². The minimum absolute atomic E-state index is 0.229. The molecule has 2 nitrogen and oxygen atoms in total. The van der Waals surface area contributed by atoms with Gasteiger partial charge in [-0.05, 0) is 97.0 Å². The van der Waals surface area contributed by atoms with Crippen LogP contribution in [-0.2, 0) is 5.41 Å². The molecule has 0 fully saturated rings. The molecule has 0 aliphatic heterocycles. The van der Waals surface area contributed by atoms with Crippen LogP contribution >= 0.6 is 0 Å². The van der Waals surface area contributed by atoms with Crippen molar-refractivity contribution in [2.75, 3.05) is 9.80 Å². The third kappa shape index (κ3) is 6.54. The van der Waals surface area contributed by atoms with E-state index < -0.39 is 16.1 Å². The van der Waals surface area contributed by atoms with Gasteiger partial charge in [-0.2, -0.15) is 0 Å². The summed E-state index contributed by atoms with van der Waals surface area (Å²) in [4.78, 5) is 4.88. The molecule has 8 rings (SSSR count). The number of nitrogens with zero attached hydrogens (tertiary/aromatic N) is 2. The summed E-state index contributed by atoms with van der Waals surface area (Å²) in [5.74, 6) is 0. The predicted octanol–water partition coefficient (Wildman–Crippen LogP) is 12.3. The fourth-order valence-corrected chi connectivity index (χ4v) is 10.5. The van der Waals surface area contributed by atoms with Crippen LogP contribution in [0.4, 0.5) is 34.1 Å². The first-order valence-corrected chi connectivity index (χ1v) is 25.9. The lowest BCUT2D eigenvalue weighted by atomic mass is 9.81. The first kappa shape index (κ1) is 34.7. The van der Waals surface area contributed by atoms with Crippen molar-refractivity contribution in [1.82, 2.24) is 0 Å². The summed E-state index contributed by atoms with van der Waals surface area (Å²) in [6.07, 6.45) is 0. The topological polar surface area (TPSA) is 6.48 Å². The van der Waals surface area contributed by atoms with Gasteiger partial charge in [-0.3, -0.25) is 0 Å². The Hall–Kier alpha value is -5.10. The van der Waals surface area contributed by atoms with E-state index in [1.807, 2.05) is 0 Å². The van der Waals surface area contributed by atoms with Crippen LogP contribution in [-0.4, -0.2) is 27.2 Å². The van der Waals surface area contributed by atoms with E-state index in [0.29, 0.717) is 8.34 Å². The second-order valence-electron chi connectivity index (χ2n) is 17.2. The SMILES string of the molecule is CC1(C)c2cc(N(c3ccccc3)c3ccc([Si](C)(C)C)cc3)ccc2-c2c1cc(N(c1ccccc1)c1ccc([Si](C)(C)C)cc1)c1ccccc21.[2H][B][2H]. The average Bonchev–Trinajstić information content (AvgIpc) is 3.41. The average molecular weight is 738 g/mol. The number of hydrogen-bond donors (Lipinski definition) is 0. The van der Waals surface area contributed by atoms with Gasteiger partial charge in [0.1, 0.15) is 0 Å². The fraction of sp³-hybridized carbons (Fsp3) is 0.184. The molecule has 0 bridgehead atoms. The van der Waals surface area contributed by atoms with Gasteiger partial charge in [-0.25, -0.2) is 0 Å². The van der Waals surface area contributed by atoms with Gasteiger partial charge >= 0.3 is 0 Å². The molecule has 7 aromatic carbocycles. The van der Waals surface area contributed by atoms with Gasteiger partial charge < -0.3 is 9.80 Å². The van der Waals surface area contributed by atoms with Crippen molar-refractivity contribution in [2.24, 2.45) is 0 Å². The first-order chi connectivity index (χ1) is 26.7. The Balaban J connectivity index is 0.00000155. The summed E-state index contributed by atoms with van der Waals surface area (Å²) in [5, 5.41) is 5.49. The quantitative estimate of drug-likeness (QED) is 0.143. The zero-order chi connectivity index (χ0) is 39.8. The molecule has 54 heavy (non-hydrogen) atoms. The monoisotopic (exact) mass is 737 g/mol. The summed E-state index contributed by atoms with van der Waals surface area (Å²) < 4.78 is 11.5. The van der Waals surface area contributed by atoms with Gasteiger partial charge in [0.2, 0.25) is 0 Å². The van der Waals surface area contributed by atoms with Crippen LogP contribution in [0.5, 0.6) is 0 Å². The molecule has 0 saturated carbocycles. The summed E-state index contributed by atoms with van der Waals surface area (Å²) in [6, 6.07) is 59.0. The number of fused-ring (bicyclic) bond motifs is 5. The lowest BCUT2D eigenvalue weighted by Gasteiger charge is -2.30. The Kier molecular flexibility index (Phi) is 8.95. The van der Waals surface area contributed by atoms with Gasteiger partial charge in [0.25, 0.3) is 0 Å². The number of benzene rings is 7. The Morgan fingerprint density at radius 1 is 0.463 bits per heavy atom. The third-order valence-corrected chi connectivity index (χ3v) is 15.3. The van der Waals surface area contributed by atoms with E-state index in [4.69, 9.17) is 2.67 Å². The molecule has 0 aromatic heterocycles. The number of hydrogen-bond acceptors (Lipinski definition) is 2. The Morgan fingerprint density at radius 3 is 1.41 bits per heavy atom. The van der Waals surface area contributed by atoms with Crippen molar-refractivity contribution in [3.8, 4) is 11.1 Å². The van der Waals surface area contributed by atoms with Crippen LogP contribution in [0.25, 0.3) is 21.9 Å². The predicted molar refractivity (Wildman–Crippen MR) is 245 cm³/mol. The largest absolute Gasteiger partial charge is 0.310 e. The van der Waals surface area contributed by atoms with E-state index in [1.165, 1.54) is 66.1 Å². The highest BCUT2D eigenvalue weighted by molar-refractivity contribution is 6.89. The van der Waals surface area contributed by atoms with Crippen LogP contribution in [0.3, 0.4) is 0 Å². The molecule has 0 saturated heterocycles. The minimum atomic E-state index is -1.45. The molecule has 1 aliphatic carbocycles. The zero-order valence-electron chi connectivity index (χ0n) is 35.0. The number of para-hydroxylation sites is 2. The number of anilines is 6. The van der Waals surface area contributed by atoms with E-state index in [2.05, 4.69) is 221 Å². The Labute approximate surface area is 329 Å². The summed E-state index contributed by atoms with van der Waals surface area (Å²) in [7, 11) is -2.38. The second-order valence-corrected chi connectivity index (χ2v) is 27.3. The minimum Gasteiger partial charge on any atom is -0.310 e. The fourth-order valence-electron chi connectivity index (χ4n) is 8.13. The van der Waals surface area contributed by atoms with Crippen LogP contribution in [0.15, 0.2) is 158 Å². The second kappa shape index (κ2) is 14.0. The highest BCUT2D eigenvalue weighted by Crippen LogP contribution is 2.55. The summed E-state index contributed by atoms with van der Waals surface area (Å²) in [6.45, 7) is 19.3. The summed E-state index contributed by atoms with van der Waals surface area (Å²) >= 11 is 0. The smallest absolute Gasteiger partial charge is 0.0775 e. The number of rotatable bonds is 8. The molecule has 269 valence electrons. The molecule has 5 heteroatoms. The van der Waals surface area contributed by atoms with E-state index in [9.17, 15) is 0 Å². The lowest BCUT2D eigenvalue weighted by molar-refractivity contribution is 0.661. The molecule has 1 radical (unpaired) electrons. The highest BCUT2D eigenvalue weighted by atomic mass is 28.3. The van der Waals surface area contributed by atoms with Crippen LogP contribution in [0.2, 0.25) is 39.3 Å². The molecule has 0 atom stereocenters. The van der Waals surface area contributed by atoms with Crippen LogP contribution in [0.1, 0.15) is 25.0 Å². The molecular formula is C49H52BN2Si2. The molecule has 0 N–H and O–H groups in total. The molecule has 0 spiro atoms. The standard InChI is InChI=1S/C49H50N2Si2.BH2/c1-49(2)45-33-39(50(35-17-11-9-12-18-35)37-23-28-40(29-24-37)52(3,4)5)27-32-44(45)48-43-22-16-15-21-42(43)47(34-46(48)49)51(36-19-13-10-14-20-36)38-25-30-41(31-26-38)53(6,7)8;/h9-34H,1-8H3;1H2/i;1D2. The lowest BCUT2D eigenvalue weighted by Crippen LogP contribution is -2.37. The van der Waals surface area contributed by atoms with E-state index in [0.717, 1.165) is 11.4 Å². The first-order valence-electron chi connectivity index (χ1n) is 20.1. The maximum absolute atomic E-state index is 5.75. The molecule has 0 unspecified atom stereocenters. The normalized spacial score (nSPS) is 13.5. The zero-order valence-corrected chi connectivity index (χ0v) is 35.0. The molecule has 0 heterocycles. The van der Waals surface area contributed by atoms with E-state index >= 15 is 0 Å². The van der Waals surface area contributed by atoms with Gasteiger partial charge in [0.15, 0.2) is 0 Å². The summed E-state index contributed by atoms with van der Waals surface area (Å²) in [5.41, 5.74) is 12.2. The third-order valence-electron chi connectivity index (χ3n) is 11.2. The van der Waals surface area contributed by atoms with E-state index in [1.54, 1.807) is 0 Å². The van der Waals surface area contributed by atoms with Crippen molar-refractivity contribution in [1.29, 1.82) is 2.67 Å². The Bertz CT molecular complexity index is 2460. The maximum atomic E-state index is 5.75. The van der Waals surface area contributed by atoms with Crippen molar-refractivity contribution in [2.45, 2.75) is 58.5 Å². The van der Waals surface area contributed by atoms with Gasteiger partial charge in [0, 0.05) is 39.2 Å². The van der Waals surface area contributed by atoms with Crippen LogP contribution < -0.4 is 20.2 Å². The molecular weight excluding hydrogens is 684 g/mol. The molecule has 1 aliphatic rings. The van der Waals surface area contributed by atoms with Crippen molar-refractivity contribution >= 4 is 79.8 Å². The van der Waals surface area contributed by atoms with Gasteiger partial charge in [-0.15, -0.1) is 0 Å². The van der Waals surface area contributed by atoms with Crippen molar-refractivity contribution in [3.63, 3.8) is 0 Å². The van der Waals surface area contributed by atoms with Gasteiger partial charge in [0.05, 0.1) is 30.2 Å². The van der Waals surface area contributed by atoms with Gasteiger partial charge in [-0.1, -0.05) is 154 Å². The Morgan fingerprint density at radius 2 is 0.889 bits per heavy atom. The van der Waals surface area contributed by atoms with E-state index in [-0.39, 0.29) is 5.41 Å². The highest BCUT2D eigenvalue weighted by Gasteiger charge is 2.38. The van der Waals surface area contributed by atoms with Crippen LogP contribution in [0, 0.1) is 0 Å². The van der Waals surface area contributed by atoms with Crippen molar-refractivity contribution in [3.05, 3.63) is 169 Å².